The van der Waals surface area contributed by atoms with Crippen molar-refractivity contribution in [2.24, 2.45) is 11.3 Å². The molecule has 0 bridgehead atoms. The van der Waals surface area contributed by atoms with Crippen LogP contribution in [0, 0.1) is 11.3 Å². The molecule has 0 aliphatic carbocycles. The molecule has 23 heavy (non-hydrogen) atoms. The van der Waals surface area contributed by atoms with Crippen LogP contribution < -0.4 is 0 Å². The molecule has 0 radical (unpaired) electrons. The third-order valence-electron chi connectivity index (χ3n) is 5.10. The average Bonchev–Trinajstić information content (AvgIpc) is 3.05. The normalized spacial score (nSPS) is 29.1. The van der Waals surface area contributed by atoms with Crippen molar-refractivity contribution in [1.29, 1.82) is 0 Å². The highest BCUT2D eigenvalue weighted by molar-refractivity contribution is 7.09. The second kappa shape index (κ2) is 7.30. The Balaban J connectivity index is 1.69. The van der Waals surface area contributed by atoms with Crippen LogP contribution >= 0.6 is 11.3 Å². The fourth-order valence-electron chi connectivity index (χ4n) is 3.77. The summed E-state index contributed by atoms with van der Waals surface area (Å²) in [4.78, 5) is 18.1. The van der Waals surface area contributed by atoms with Crippen molar-refractivity contribution in [1.82, 2.24) is 9.80 Å². The second-order valence-corrected chi connectivity index (χ2v) is 7.85. The summed E-state index contributed by atoms with van der Waals surface area (Å²) in [6.45, 7) is 8.30. The van der Waals surface area contributed by atoms with Gasteiger partial charge in [-0.15, -0.1) is 11.3 Å². The Morgan fingerprint density at radius 3 is 3.13 bits per heavy atom. The molecule has 128 valence electrons. The van der Waals surface area contributed by atoms with Crippen molar-refractivity contribution in [2.45, 2.75) is 13.5 Å². The van der Waals surface area contributed by atoms with Crippen molar-refractivity contribution in [3.63, 3.8) is 0 Å². The minimum atomic E-state index is 0.0389. The smallest absolute Gasteiger partial charge is 0.248 e. The molecular formula is C17H26N2O3S. The summed E-state index contributed by atoms with van der Waals surface area (Å²) in [5.74, 6) is 0.583. The third kappa shape index (κ3) is 3.76. The number of nitrogens with zero attached hydrogens (tertiary/aromatic N) is 2. The Morgan fingerprint density at radius 1 is 1.52 bits per heavy atom. The number of ether oxygens (including phenoxy) is 2. The van der Waals surface area contributed by atoms with E-state index >= 15 is 0 Å². The molecule has 2 atom stereocenters. The summed E-state index contributed by atoms with van der Waals surface area (Å²) in [6.07, 6.45) is 0. The van der Waals surface area contributed by atoms with Gasteiger partial charge in [0.25, 0.3) is 0 Å². The molecule has 1 aromatic rings. The number of likely N-dealkylation sites (tertiary alicyclic amines) is 1. The van der Waals surface area contributed by atoms with E-state index in [9.17, 15) is 4.79 Å². The van der Waals surface area contributed by atoms with E-state index in [0.717, 1.165) is 32.8 Å². The van der Waals surface area contributed by atoms with Crippen LogP contribution in [0.3, 0.4) is 0 Å². The topological polar surface area (TPSA) is 42.0 Å². The van der Waals surface area contributed by atoms with E-state index in [4.69, 9.17) is 9.47 Å². The standard InChI is InChI=1S/C17H26N2O3S/c1-14-8-18(9-15-4-3-7-23-15)11-17(14)12-19(5-6-22-13-17)16(20)10-21-2/h3-4,7,14H,5-6,8-13H2,1-2H3/t14-,17+/m1/s1. The molecule has 1 aromatic heterocycles. The maximum atomic E-state index is 12.3. The minimum absolute atomic E-state index is 0.0389. The molecular weight excluding hydrogens is 312 g/mol. The number of rotatable bonds is 4. The van der Waals surface area contributed by atoms with Gasteiger partial charge in [0.15, 0.2) is 0 Å². The molecule has 3 heterocycles. The highest BCUT2D eigenvalue weighted by Gasteiger charge is 2.47. The Bertz CT molecular complexity index is 522. The number of hydrogen-bond donors (Lipinski definition) is 0. The van der Waals surface area contributed by atoms with Crippen LogP contribution in [0.5, 0.6) is 0 Å². The van der Waals surface area contributed by atoms with E-state index in [1.807, 2.05) is 16.2 Å². The van der Waals surface area contributed by atoms with Gasteiger partial charge in [-0.2, -0.15) is 0 Å². The Morgan fingerprint density at radius 2 is 2.39 bits per heavy atom. The van der Waals surface area contributed by atoms with Gasteiger partial charge in [-0.1, -0.05) is 13.0 Å². The summed E-state index contributed by atoms with van der Waals surface area (Å²) in [5, 5.41) is 2.13. The zero-order valence-electron chi connectivity index (χ0n) is 14.0. The van der Waals surface area contributed by atoms with Crippen molar-refractivity contribution in [3.8, 4) is 0 Å². The van der Waals surface area contributed by atoms with Crippen molar-refractivity contribution in [3.05, 3.63) is 22.4 Å². The average molecular weight is 338 g/mol. The number of carbonyl (C=O) groups excluding carboxylic acids is 1. The first-order valence-electron chi connectivity index (χ1n) is 8.22. The second-order valence-electron chi connectivity index (χ2n) is 6.81. The third-order valence-corrected chi connectivity index (χ3v) is 5.96. The zero-order valence-corrected chi connectivity index (χ0v) is 14.8. The van der Waals surface area contributed by atoms with E-state index in [0.29, 0.717) is 19.1 Å². The SMILES string of the molecule is COCC(=O)N1CCOC[C@]2(CN(Cc3cccs3)C[C@H]2C)C1. The highest BCUT2D eigenvalue weighted by Crippen LogP contribution is 2.39. The van der Waals surface area contributed by atoms with E-state index in [-0.39, 0.29) is 17.9 Å². The van der Waals surface area contributed by atoms with Crippen LogP contribution in [0.2, 0.25) is 0 Å². The molecule has 1 spiro atoms. The Hall–Kier alpha value is -0.950. The van der Waals surface area contributed by atoms with Gasteiger partial charge in [0.1, 0.15) is 6.61 Å². The first-order valence-corrected chi connectivity index (χ1v) is 9.10. The van der Waals surface area contributed by atoms with Gasteiger partial charge < -0.3 is 14.4 Å². The Kier molecular flexibility index (Phi) is 5.36. The van der Waals surface area contributed by atoms with E-state index < -0.39 is 0 Å². The van der Waals surface area contributed by atoms with Gasteiger partial charge in [0.05, 0.1) is 13.2 Å². The lowest BCUT2D eigenvalue weighted by atomic mass is 9.79. The molecule has 2 aliphatic heterocycles. The van der Waals surface area contributed by atoms with Crippen LogP contribution in [0.1, 0.15) is 11.8 Å². The van der Waals surface area contributed by atoms with Crippen LogP contribution in [0.25, 0.3) is 0 Å². The van der Waals surface area contributed by atoms with Crippen LogP contribution in [0.4, 0.5) is 0 Å². The molecule has 2 aliphatic rings. The molecule has 0 unspecified atom stereocenters. The fourth-order valence-corrected chi connectivity index (χ4v) is 4.51. The minimum Gasteiger partial charge on any atom is -0.379 e. The van der Waals surface area contributed by atoms with E-state index in [1.54, 1.807) is 7.11 Å². The summed E-state index contributed by atoms with van der Waals surface area (Å²) < 4.78 is 10.9. The lowest BCUT2D eigenvalue weighted by Gasteiger charge is -2.35. The van der Waals surface area contributed by atoms with Crippen LogP contribution in [0.15, 0.2) is 17.5 Å². The van der Waals surface area contributed by atoms with Gasteiger partial charge in [-0.25, -0.2) is 0 Å². The van der Waals surface area contributed by atoms with Crippen LogP contribution in [-0.4, -0.2) is 68.8 Å². The number of amides is 1. The molecule has 0 saturated carbocycles. The predicted molar refractivity (Wildman–Crippen MR) is 90.5 cm³/mol. The fraction of sp³-hybridized carbons (Fsp3) is 0.706. The lowest BCUT2D eigenvalue weighted by molar-refractivity contribution is -0.136. The maximum absolute atomic E-state index is 12.3. The van der Waals surface area contributed by atoms with Gasteiger partial charge in [-0.3, -0.25) is 9.69 Å². The van der Waals surface area contributed by atoms with Crippen molar-refractivity contribution >= 4 is 17.2 Å². The van der Waals surface area contributed by atoms with Gasteiger partial charge >= 0.3 is 0 Å². The van der Waals surface area contributed by atoms with Gasteiger partial charge in [0, 0.05) is 50.1 Å². The molecule has 3 rings (SSSR count). The van der Waals surface area contributed by atoms with Crippen LogP contribution in [-0.2, 0) is 20.8 Å². The molecule has 1 amide bonds. The summed E-state index contributed by atoms with van der Waals surface area (Å²) in [5.41, 5.74) is 0.0389. The quantitative estimate of drug-likeness (QED) is 0.838. The molecule has 2 fully saturated rings. The predicted octanol–water partition coefficient (Wildman–Crippen LogP) is 1.69. The lowest BCUT2D eigenvalue weighted by Crippen LogP contribution is -2.46. The first-order chi connectivity index (χ1) is 11.1. The number of thiophene rings is 1. The molecule has 0 aromatic carbocycles. The number of carbonyl (C=O) groups is 1. The first kappa shape index (κ1) is 16.9. The number of hydrogen-bond acceptors (Lipinski definition) is 5. The summed E-state index contributed by atoms with van der Waals surface area (Å²) in [7, 11) is 1.57. The van der Waals surface area contributed by atoms with Crippen molar-refractivity contribution in [2.75, 3.05) is 53.1 Å². The van der Waals surface area contributed by atoms with Gasteiger partial charge in [0.2, 0.25) is 5.91 Å². The Labute approximate surface area is 142 Å². The highest BCUT2D eigenvalue weighted by atomic mass is 32.1. The molecule has 5 nitrogen and oxygen atoms in total. The van der Waals surface area contributed by atoms with E-state index in [2.05, 4.69) is 29.3 Å². The summed E-state index contributed by atoms with van der Waals surface area (Å²) in [6, 6.07) is 4.30. The largest absolute Gasteiger partial charge is 0.379 e. The molecule has 2 saturated heterocycles. The molecule has 6 heteroatoms. The number of methoxy groups -OCH3 is 1. The maximum Gasteiger partial charge on any atom is 0.248 e. The molecule has 0 N–H and O–H groups in total. The summed E-state index contributed by atoms with van der Waals surface area (Å²) >= 11 is 1.81. The van der Waals surface area contributed by atoms with E-state index in [1.165, 1.54) is 4.88 Å². The monoisotopic (exact) mass is 338 g/mol. The van der Waals surface area contributed by atoms with Gasteiger partial charge in [-0.05, 0) is 17.4 Å². The zero-order chi connectivity index (χ0) is 16.3. The van der Waals surface area contributed by atoms with Crippen molar-refractivity contribution < 1.29 is 14.3 Å².